The molecule has 0 aromatic heterocycles. The number of carbonyl (C=O) groups excluding carboxylic acids is 2. The van der Waals surface area contributed by atoms with Gasteiger partial charge in [0.1, 0.15) is 5.57 Å². The van der Waals surface area contributed by atoms with E-state index in [-0.39, 0.29) is 5.57 Å². The standard InChI is InChI=1S/C20H25BO6/c1-12-10-13(11-14-16(22)24-20(6,7)25-17(14)23)8-9-15(12)21-26-18(2,3)19(4,5)27-21/h8-11H,1-7H3. The van der Waals surface area contributed by atoms with Crippen molar-refractivity contribution >= 4 is 30.6 Å². The van der Waals surface area contributed by atoms with E-state index in [4.69, 9.17) is 18.8 Å². The molecule has 0 aliphatic carbocycles. The predicted octanol–water partition coefficient (Wildman–Crippen LogP) is 2.51. The Morgan fingerprint density at radius 2 is 1.41 bits per heavy atom. The third-order valence-corrected chi connectivity index (χ3v) is 5.23. The lowest BCUT2D eigenvalue weighted by molar-refractivity contribution is -0.222. The summed E-state index contributed by atoms with van der Waals surface area (Å²) in [5, 5.41) is 0. The molecule has 2 fully saturated rings. The second-order valence-corrected chi connectivity index (χ2v) is 8.44. The summed E-state index contributed by atoms with van der Waals surface area (Å²) in [7, 11) is -0.470. The summed E-state index contributed by atoms with van der Waals surface area (Å²) in [6, 6.07) is 5.56. The maximum absolute atomic E-state index is 12.1. The molecule has 0 spiro atoms. The molecule has 7 heteroatoms. The van der Waals surface area contributed by atoms with Crippen molar-refractivity contribution in [2.75, 3.05) is 0 Å². The highest BCUT2D eigenvalue weighted by atomic mass is 16.7. The van der Waals surface area contributed by atoms with Gasteiger partial charge in [0.05, 0.1) is 11.2 Å². The Morgan fingerprint density at radius 3 is 1.89 bits per heavy atom. The van der Waals surface area contributed by atoms with Crippen molar-refractivity contribution < 1.29 is 28.4 Å². The first kappa shape index (κ1) is 19.6. The van der Waals surface area contributed by atoms with Crippen LogP contribution < -0.4 is 5.46 Å². The molecule has 27 heavy (non-hydrogen) atoms. The first-order valence-electron chi connectivity index (χ1n) is 8.96. The van der Waals surface area contributed by atoms with Crippen LogP contribution in [0.15, 0.2) is 23.8 Å². The quantitative estimate of drug-likeness (QED) is 0.344. The maximum Gasteiger partial charge on any atom is 0.495 e. The van der Waals surface area contributed by atoms with Gasteiger partial charge in [-0.15, -0.1) is 0 Å². The van der Waals surface area contributed by atoms with Crippen molar-refractivity contribution in [1.29, 1.82) is 0 Å². The third-order valence-electron chi connectivity index (χ3n) is 5.23. The van der Waals surface area contributed by atoms with Gasteiger partial charge in [-0.1, -0.05) is 23.8 Å². The molecule has 0 atom stereocenters. The van der Waals surface area contributed by atoms with Crippen molar-refractivity contribution in [2.24, 2.45) is 0 Å². The minimum Gasteiger partial charge on any atom is -0.419 e. The molecular weight excluding hydrogens is 347 g/mol. The summed E-state index contributed by atoms with van der Waals surface area (Å²) in [5.41, 5.74) is 1.56. The third kappa shape index (κ3) is 3.66. The smallest absolute Gasteiger partial charge is 0.419 e. The lowest BCUT2D eigenvalue weighted by atomic mass is 9.76. The summed E-state index contributed by atoms with van der Waals surface area (Å²) in [6.45, 7) is 13.0. The number of hydrogen-bond donors (Lipinski definition) is 0. The Balaban J connectivity index is 1.86. The number of esters is 2. The average molecular weight is 372 g/mol. The summed E-state index contributed by atoms with van der Waals surface area (Å²) < 4.78 is 22.4. The van der Waals surface area contributed by atoms with E-state index >= 15 is 0 Å². The number of benzene rings is 1. The number of cyclic esters (lactones) is 2. The van der Waals surface area contributed by atoms with Crippen LogP contribution in [-0.2, 0) is 28.4 Å². The molecule has 2 saturated heterocycles. The molecule has 2 heterocycles. The van der Waals surface area contributed by atoms with Crippen molar-refractivity contribution in [1.82, 2.24) is 0 Å². The first-order chi connectivity index (χ1) is 12.3. The topological polar surface area (TPSA) is 71.1 Å². The largest absolute Gasteiger partial charge is 0.495 e. The van der Waals surface area contributed by atoms with Gasteiger partial charge in [0.2, 0.25) is 0 Å². The molecule has 0 amide bonds. The van der Waals surface area contributed by atoms with E-state index in [1.807, 2.05) is 46.8 Å². The molecule has 0 bridgehead atoms. The number of carbonyl (C=O) groups is 2. The lowest BCUT2D eigenvalue weighted by Gasteiger charge is -2.32. The summed E-state index contributed by atoms with van der Waals surface area (Å²) >= 11 is 0. The van der Waals surface area contributed by atoms with Gasteiger partial charge in [0, 0.05) is 13.8 Å². The van der Waals surface area contributed by atoms with E-state index in [0.29, 0.717) is 5.56 Å². The molecule has 2 aliphatic heterocycles. The molecule has 0 unspecified atom stereocenters. The van der Waals surface area contributed by atoms with E-state index in [1.54, 1.807) is 6.07 Å². The zero-order chi connectivity index (χ0) is 20.2. The van der Waals surface area contributed by atoms with Gasteiger partial charge < -0.3 is 18.8 Å². The zero-order valence-electron chi connectivity index (χ0n) is 16.8. The maximum atomic E-state index is 12.1. The minimum atomic E-state index is -1.25. The number of rotatable bonds is 2. The van der Waals surface area contributed by atoms with Gasteiger partial charge in [-0.3, -0.25) is 0 Å². The molecular formula is C20H25BO6. The SMILES string of the molecule is Cc1cc(C=C2C(=O)OC(C)(C)OC2=O)ccc1B1OC(C)(C)C(C)(C)O1. The number of ether oxygens (including phenoxy) is 2. The highest BCUT2D eigenvalue weighted by Crippen LogP contribution is 2.36. The fourth-order valence-corrected chi connectivity index (χ4v) is 2.97. The van der Waals surface area contributed by atoms with Crippen LogP contribution in [0, 0.1) is 6.92 Å². The molecule has 1 aromatic carbocycles. The monoisotopic (exact) mass is 372 g/mol. The molecule has 0 saturated carbocycles. The predicted molar refractivity (Wildman–Crippen MR) is 101 cm³/mol. The van der Waals surface area contributed by atoms with Gasteiger partial charge in [-0.2, -0.15) is 0 Å². The van der Waals surface area contributed by atoms with Gasteiger partial charge in [-0.25, -0.2) is 9.59 Å². The van der Waals surface area contributed by atoms with Crippen molar-refractivity contribution in [2.45, 2.75) is 65.5 Å². The molecule has 6 nitrogen and oxygen atoms in total. The van der Waals surface area contributed by atoms with E-state index in [2.05, 4.69) is 0 Å². The molecule has 144 valence electrons. The minimum absolute atomic E-state index is 0.128. The highest BCUT2D eigenvalue weighted by molar-refractivity contribution is 6.62. The normalized spacial score (nSPS) is 23.1. The van der Waals surface area contributed by atoms with Crippen LogP contribution in [0.5, 0.6) is 0 Å². The van der Waals surface area contributed by atoms with E-state index in [0.717, 1.165) is 11.0 Å². The Kier molecular flexibility index (Phi) is 4.52. The van der Waals surface area contributed by atoms with E-state index in [9.17, 15) is 9.59 Å². The Bertz CT molecular complexity index is 799. The van der Waals surface area contributed by atoms with Crippen molar-refractivity contribution in [3.05, 3.63) is 34.9 Å². The zero-order valence-corrected chi connectivity index (χ0v) is 16.8. The summed E-state index contributed by atoms with van der Waals surface area (Å²) in [5.74, 6) is -2.63. The van der Waals surface area contributed by atoms with Crippen LogP contribution in [0.3, 0.4) is 0 Å². The van der Waals surface area contributed by atoms with Crippen molar-refractivity contribution in [3.8, 4) is 0 Å². The second kappa shape index (κ2) is 6.21. The average Bonchev–Trinajstić information content (AvgIpc) is 2.70. The van der Waals surface area contributed by atoms with Gasteiger partial charge >= 0.3 is 19.1 Å². The summed E-state index contributed by atoms with van der Waals surface area (Å²) in [4.78, 5) is 24.2. The Labute approximate surface area is 160 Å². The summed E-state index contributed by atoms with van der Waals surface area (Å²) in [6.07, 6.45) is 1.47. The van der Waals surface area contributed by atoms with Crippen molar-refractivity contribution in [3.63, 3.8) is 0 Å². The number of hydrogen-bond acceptors (Lipinski definition) is 6. The van der Waals surface area contributed by atoms with Gasteiger partial charge in [0.25, 0.3) is 5.79 Å². The number of aryl methyl sites for hydroxylation is 1. The van der Waals surface area contributed by atoms with Crippen LogP contribution in [-0.4, -0.2) is 36.0 Å². The van der Waals surface area contributed by atoms with Crippen LogP contribution in [0.1, 0.15) is 52.7 Å². The second-order valence-electron chi connectivity index (χ2n) is 8.44. The fraction of sp³-hybridized carbons (Fsp3) is 0.500. The van der Waals surface area contributed by atoms with Crippen LogP contribution >= 0.6 is 0 Å². The first-order valence-corrected chi connectivity index (χ1v) is 8.96. The Morgan fingerprint density at radius 1 is 0.889 bits per heavy atom. The van der Waals surface area contributed by atoms with E-state index < -0.39 is 36.0 Å². The van der Waals surface area contributed by atoms with Crippen LogP contribution in [0.25, 0.3) is 6.08 Å². The molecule has 2 aliphatic rings. The molecule has 0 radical (unpaired) electrons. The molecule has 1 aromatic rings. The highest BCUT2D eigenvalue weighted by Gasteiger charge is 2.52. The van der Waals surface area contributed by atoms with Crippen LogP contribution in [0.2, 0.25) is 0 Å². The Hall–Kier alpha value is -2.12. The van der Waals surface area contributed by atoms with Crippen LogP contribution in [0.4, 0.5) is 0 Å². The molecule has 0 N–H and O–H groups in total. The molecule has 3 rings (SSSR count). The fourth-order valence-electron chi connectivity index (χ4n) is 2.97. The van der Waals surface area contributed by atoms with Gasteiger partial charge in [-0.05, 0) is 51.7 Å². The van der Waals surface area contributed by atoms with E-state index in [1.165, 1.54) is 19.9 Å². The lowest BCUT2D eigenvalue weighted by Crippen LogP contribution is -2.41. The van der Waals surface area contributed by atoms with Gasteiger partial charge in [0.15, 0.2) is 0 Å².